The molecule has 0 radical (unpaired) electrons. The molecule has 4 aromatic rings. The predicted octanol–water partition coefficient (Wildman–Crippen LogP) is 6.36. The summed E-state index contributed by atoms with van der Waals surface area (Å²) in [5, 5.41) is 3.45. The molecule has 0 fully saturated rings. The highest BCUT2D eigenvalue weighted by atomic mass is 35.5. The highest BCUT2D eigenvalue weighted by Crippen LogP contribution is 2.36. The van der Waals surface area contributed by atoms with Crippen molar-refractivity contribution in [3.05, 3.63) is 75.4 Å². The summed E-state index contributed by atoms with van der Waals surface area (Å²) in [5.41, 5.74) is 2.37. The lowest BCUT2D eigenvalue weighted by molar-refractivity contribution is -0.152. The third kappa shape index (κ3) is 6.04. The molecule has 0 bridgehead atoms. The Bertz CT molecular complexity index is 1230. The Morgan fingerprint density at radius 2 is 1.62 bits per heavy atom. The Balaban J connectivity index is 0.000000224. The molecule has 0 aliphatic heterocycles. The number of anilines is 1. The number of halogens is 4. The maximum Gasteiger partial charge on any atom is 0.450 e. The third-order valence-electron chi connectivity index (χ3n) is 4.08. The molecule has 0 aliphatic rings. The Hall–Kier alpha value is -3.46. The van der Waals surface area contributed by atoms with Crippen LogP contribution < -0.4 is 11.0 Å². The molecular formula is C22H21ClF3N3O3. The second kappa shape index (κ2) is 10.7. The van der Waals surface area contributed by atoms with E-state index >= 15 is 0 Å². The molecule has 0 saturated carbocycles. The number of aromatic amines is 2. The largest absolute Gasteiger partial charge is 0.451 e. The topological polar surface area (TPSA) is 90.9 Å². The van der Waals surface area contributed by atoms with Gasteiger partial charge < -0.3 is 19.7 Å². The maximum atomic E-state index is 12.6. The van der Waals surface area contributed by atoms with Gasteiger partial charge in [0.15, 0.2) is 6.29 Å². The number of alkyl halides is 3. The summed E-state index contributed by atoms with van der Waals surface area (Å²) in [6.07, 6.45) is -4.58. The van der Waals surface area contributed by atoms with Crippen LogP contribution in [0.1, 0.15) is 30.0 Å². The summed E-state index contributed by atoms with van der Waals surface area (Å²) >= 11 is 5.67. The standard InChI is InChI=1S/C12H6ClF3O2.C8H9N3O.C2H6/c13-9-3-1-7(2-4-9)10-5-8(6-17)11(18-10)12(14,15)16;1-9-5-2-3-6-7(4-5)11-8(12)10-6;1-2/h1-6H;2-4,9H,1H3,(H2,10,11,12);1-2H3. The molecule has 3 N–H and O–H groups in total. The van der Waals surface area contributed by atoms with Crippen molar-refractivity contribution in [2.45, 2.75) is 20.0 Å². The molecule has 2 aromatic heterocycles. The van der Waals surface area contributed by atoms with Gasteiger partial charge in [-0.05, 0) is 48.5 Å². The zero-order chi connectivity index (χ0) is 23.9. The second-order valence-corrected chi connectivity index (χ2v) is 6.54. The second-order valence-electron chi connectivity index (χ2n) is 6.11. The minimum absolute atomic E-state index is 0.0268. The zero-order valence-corrected chi connectivity index (χ0v) is 18.2. The van der Waals surface area contributed by atoms with Gasteiger partial charge >= 0.3 is 11.9 Å². The fraction of sp³-hybridized carbons (Fsp3) is 0.182. The first-order valence-corrected chi connectivity index (χ1v) is 9.91. The van der Waals surface area contributed by atoms with E-state index in [9.17, 15) is 22.8 Å². The van der Waals surface area contributed by atoms with E-state index in [1.54, 1.807) is 0 Å². The third-order valence-corrected chi connectivity index (χ3v) is 4.33. The zero-order valence-electron chi connectivity index (χ0n) is 17.4. The Morgan fingerprint density at radius 3 is 2.16 bits per heavy atom. The van der Waals surface area contributed by atoms with Crippen molar-refractivity contribution in [2.75, 3.05) is 12.4 Å². The highest BCUT2D eigenvalue weighted by molar-refractivity contribution is 6.30. The predicted molar refractivity (Wildman–Crippen MR) is 119 cm³/mol. The van der Waals surface area contributed by atoms with Crippen LogP contribution in [-0.4, -0.2) is 23.3 Å². The first-order chi connectivity index (χ1) is 15.2. The van der Waals surface area contributed by atoms with Crippen molar-refractivity contribution < 1.29 is 22.4 Å². The number of H-pyrrole nitrogens is 2. The summed E-state index contributed by atoms with van der Waals surface area (Å²) in [5.74, 6) is -1.32. The number of fused-ring (bicyclic) bond motifs is 1. The van der Waals surface area contributed by atoms with Gasteiger partial charge in [0.2, 0.25) is 5.76 Å². The van der Waals surface area contributed by atoms with Crippen molar-refractivity contribution >= 4 is 34.6 Å². The maximum absolute atomic E-state index is 12.6. The first-order valence-electron chi connectivity index (χ1n) is 9.53. The number of nitrogens with one attached hydrogen (secondary N) is 3. The Labute approximate surface area is 186 Å². The summed E-state index contributed by atoms with van der Waals surface area (Å²) in [6, 6.07) is 12.8. The van der Waals surface area contributed by atoms with E-state index in [4.69, 9.17) is 16.0 Å². The molecule has 32 heavy (non-hydrogen) atoms. The van der Waals surface area contributed by atoms with Gasteiger partial charge in [-0.25, -0.2) is 4.79 Å². The fourth-order valence-corrected chi connectivity index (χ4v) is 2.78. The number of hydrogen-bond donors (Lipinski definition) is 3. The van der Waals surface area contributed by atoms with E-state index in [0.717, 1.165) is 22.8 Å². The van der Waals surface area contributed by atoms with Gasteiger partial charge in [0.25, 0.3) is 0 Å². The SMILES string of the molecule is CC.CNc1ccc2[nH]c(=O)[nH]c2c1.O=Cc1cc(-c2ccc(Cl)cc2)oc1C(F)(F)F. The number of benzene rings is 2. The van der Waals surface area contributed by atoms with Crippen molar-refractivity contribution in [1.29, 1.82) is 0 Å². The number of carbonyl (C=O) groups excluding carboxylic acids is 1. The molecule has 0 saturated heterocycles. The molecule has 4 rings (SSSR count). The number of aldehydes is 1. The van der Waals surface area contributed by atoms with Crippen LogP contribution in [0.4, 0.5) is 18.9 Å². The number of carbonyl (C=O) groups is 1. The number of aromatic nitrogens is 2. The molecule has 2 heterocycles. The van der Waals surface area contributed by atoms with E-state index in [1.807, 2.05) is 39.1 Å². The van der Waals surface area contributed by atoms with Gasteiger partial charge in [-0.3, -0.25) is 4.79 Å². The normalized spacial score (nSPS) is 10.6. The van der Waals surface area contributed by atoms with Crippen molar-refractivity contribution in [3.63, 3.8) is 0 Å². The average Bonchev–Trinajstić information content (AvgIpc) is 3.38. The Kier molecular flexibility index (Phi) is 8.31. The smallest absolute Gasteiger partial charge is 0.450 e. The lowest BCUT2D eigenvalue weighted by atomic mass is 10.1. The van der Waals surface area contributed by atoms with E-state index in [2.05, 4.69) is 15.3 Å². The molecule has 170 valence electrons. The van der Waals surface area contributed by atoms with Crippen LogP contribution in [0.15, 0.2) is 57.7 Å². The molecule has 6 nitrogen and oxygen atoms in total. The number of furan rings is 1. The van der Waals surface area contributed by atoms with Crippen LogP contribution in [0.25, 0.3) is 22.4 Å². The van der Waals surface area contributed by atoms with E-state index < -0.39 is 17.5 Å². The lowest BCUT2D eigenvalue weighted by Crippen LogP contribution is -2.05. The van der Waals surface area contributed by atoms with Gasteiger partial charge in [-0.15, -0.1) is 0 Å². The van der Waals surface area contributed by atoms with Crippen LogP contribution in [0.2, 0.25) is 5.02 Å². The molecule has 0 amide bonds. The van der Waals surface area contributed by atoms with Crippen LogP contribution in [0.5, 0.6) is 0 Å². The van der Waals surface area contributed by atoms with E-state index in [0.29, 0.717) is 10.6 Å². The summed E-state index contributed by atoms with van der Waals surface area (Å²) < 4.78 is 42.4. The number of hydrogen-bond acceptors (Lipinski definition) is 4. The van der Waals surface area contributed by atoms with Crippen LogP contribution in [-0.2, 0) is 6.18 Å². The molecule has 0 aliphatic carbocycles. The van der Waals surface area contributed by atoms with Gasteiger partial charge in [0.05, 0.1) is 16.6 Å². The molecule has 0 spiro atoms. The minimum Gasteiger partial charge on any atom is -0.451 e. The molecule has 0 atom stereocenters. The van der Waals surface area contributed by atoms with Gasteiger partial charge in [0, 0.05) is 23.3 Å². The van der Waals surface area contributed by atoms with Crippen LogP contribution in [0, 0.1) is 0 Å². The van der Waals surface area contributed by atoms with Crippen molar-refractivity contribution in [3.8, 4) is 11.3 Å². The first kappa shape index (κ1) is 24.8. The minimum atomic E-state index is -4.69. The quantitative estimate of drug-likeness (QED) is 0.306. The van der Waals surface area contributed by atoms with Crippen molar-refractivity contribution in [2.24, 2.45) is 0 Å². The summed E-state index contributed by atoms with van der Waals surface area (Å²) in [7, 11) is 1.84. The van der Waals surface area contributed by atoms with Gasteiger partial charge in [-0.2, -0.15) is 13.2 Å². The molecule has 0 unspecified atom stereocenters. The number of rotatable bonds is 3. The van der Waals surface area contributed by atoms with E-state index in [1.165, 1.54) is 24.3 Å². The van der Waals surface area contributed by atoms with Crippen LogP contribution >= 0.6 is 11.6 Å². The molecule has 2 aromatic carbocycles. The Morgan fingerprint density at radius 1 is 1.00 bits per heavy atom. The molecular weight excluding hydrogens is 447 g/mol. The monoisotopic (exact) mass is 467 g/mol. The van der Waals surface area contributed by atoms with Gasteiger partial charge in [0.1, 0.15) is 5.76 Å². The fourth-order valence-electron chi connectivity index (χ4n) is 2.66. The van der Waals surface area contributed by atoms with Crippen molar-refractivity contribution in [1.82, 2.24) is 9.97 Å². The average molecular weight is 468 g/mol. The lowest BCUT2D eigenvalue weighted by Gasteiger charge is -2.02. The summed E-state index contributed by atoms with van der Waals surface area (Å²) in [6.45, 7) is 4.00. The van der Waals surface area contributed by atoms with Crippen LogP contribution in [0.3, 0.4) is 0 Å². The number of imidazole rings is 1. The highest BCUT2D eigenvalue weighted by Gasteiger charge is 2.38. The van der Waals surface area contributed by atoms with E-state index in [-0.39, 0.29) is 17.7 Å². The van der Waals surface area contributed by atoms with Gasteiger partial charge in [-0.1, -0.05) is 25.4 Å². The molecule has 10 heteroatoms. The summed E-state index contributed by atoms with van der Waals surface area (Å²) in [4.78, 5) is 26.8.